The predicted octanol–water partition coefficient (Wildman–Crippen LogP) is 0.265. The lowest BCUT2D eigenvalue weighted by atomic mass is 10.1. The van der Waals surface area contributed by atoms with Gasteiger partial charge in [-0.2, -0.15) is 0 Å². The molecule has 0 aliphatic carbocycles. The van der Waals surface area contributed by atoms with Gasteiger partial charge in [-0.1, -0.05) is 0 Å². The van der Waals surface area contributed by atoms with E-state index in [2.05, 4.69) is 4.98 Å². The van der Waals surface area contributed by atoms with Gasteiger partial charge in [-0.25, -0.2) is 4.98 Å². The van der Waals surface area contributed by atoms with E-state index in [1.54, 1.807) is 10.9 Å². The maximum absolute atomic E-state index is 10.1. The Bertz CT molecular complexity index is 639. The fraction of sp³-hybridized carbons (Fsp3) is 0.500. The number of aromatic nitrogens is 2. The summed E-state index contributed by atoms with van der Waals surface area (Å²) in [5.41, 5.74) is 3.91. The Balaban J connectivity index is 2.05. The number of imidazole rings is 1. The van der Waals surface area contributed by atoms with Gasteiger partial charge in [0.05, 0.1) is 24.0 Å². The first-order chi connectivity index (χ1) is 9.52. The van der Waals surface area contributed by atoms with Crippen LogP contribution in [0.2, 0.25) is 0 Å². The summed E-state index contributed by atoms with van der Waals surface area (Å²) in [5.74, 6) is 0. The topological polar surface area (TPSA) is 87.7 Å². The van der Waals surface area contributed by atoms with E-state index in [1.165, 1.54) is 0 Å². The normalized spacial score (nSPS) is 30.2. The van der Waals surface area contributed by atoms with Gasteiger partial charge in [-0.3, -0.25) is 0 Å². The molecule has 6 nitrogen and oxygen atoms in total. The number of nitrogens with zero attached hydrogens (tertiary/aromatic N) is 2. The lowest BCUT2D eigenvalue weighted by Crippen LogP contribution is -2.33. The minimum absolute atomic E-state index is 0.334. The van der Waals surface area contributed by atoms with E-state index in [9.17, 15) is 10.2 Å². The quantitative estimate of drug-likeness (QED) is 0.733. The Morgan fingerprint density at radius 1 is 1.20 bits per heavy atom. The van der Waals surface area contributed by atoms with E-state index in [-0.39, 0.29) is 6.61 Å². The summed E-state index contributed by atoms with van der Waals surface area (Å²) >= 11 is 0. The van der Waals surface area contributed by atoms with Crippen LogP contribution in [0.4, 0.5) is 0 Å². The zero-order valence-electron chi connectivity index (χ0n) is 11.4. The molecule has 20 heavy (non-hydrogen) atoms. The van der Waals surface area contributed by atoms with Crippen LogP contribution in [0.25, 0.3) is 11.0 Å². The Morgan fingerprint density at radius 3 is 2.55 bits per heavy atom. The lowest BCUT2D eigenvalue weighted by Gasteiger charge is -2.17. The lowest BCUT2D eigenvalue weighted by molar-refractivity contribution is -0.0508. The highest BCUT2D eigenvalue weighted by Gasteiger charge is 2.43. The van der Waals surface area contributed by atoms with Crippen LogP contribution in [0, 0.1) is 13.8 Å². The van der Waals surface area contributed by atoms with Crippen molar-refractivity contribution in [2.75, 3.05) is 6.61 Å². The average molecular weight is 278 g/mol. The molecule has 1 aliphatic rings. The predicted molar refractivity (Wildman–Crippen MR) is 72.2 cm³/mol. The van der Waals surface area contributed by atoms with Crippen molar-refractivity contribution in [2.45, 2.75) is 38.4 Å². The SMILES string of the molecule is Cc1cc2ncn([C@H]3O[C@@H](CO)[C@@H](O)[C@H]3O)c2cc1C. The molecular weight excluding hydrogens is 260 g/mol. The first-order valence-electron chi connectivity index (χ1n) is 6.59. The summed E-state index contributed by atoms with van der Waals surface area (Å²) in [4.78, 5) is 4.30. The zero-order valence-corrected chi connectivity index (χ0v) is 11.4. The number of aliphatic hydroxyl groups is 3. The highest BCUT2D eigenvalue weighted by atomic mass is 16.6. The standard InChI is InChI=1S/C14H18N2O4/c1-7-3-9-10(4-8(7)2)16(6-15-9)14-13(19)12(18)11(5-17)20-14/h3-4,6,11-14,17-19H,5H2,1-2H3/t11-,12+,13+,14-/m0/s1. The first kappa shape index (κ1) is 13.5. The molecule has 3 N–H and O–H groups in total. The summed E-state index contributed by atoms with van der Waals surface area (Å²) < 4.78 is 7.23. The van der Waals surface area contributed by atoms with Crippen molar-refractivity contribution in [1.82, 2.24) is 9.55 Å². The van der Waals surface area contributed by atoms with Crippen molar-refractivity contribution in [3.05, 3.63) is 29.6 Å². The number of benzene rings is 1. The van der Waals surface area contributed by atoms with Gasteiger partial charge in [-0.15, -0.1) is 0 Å². The number of hydrogen-bond acceptors (Lipinski definition) is 5. The van der Waals surface area contributed by atoms with Gasteiger partial charge in [0.2, 0.25) is 0 Å². The molecule has 0 bridgehead atoms. The molecule has 1 aromatic heterocycles. The molecule has 0 radical (unpaired) electrons. The number of hydrogen-bond donors (Lipinski definition) is 3. The summed E-state index contributed by atoms with van der Waals surface area (Å²) in [6.07, 6.45) is -2.13. The smallest absolute Gasteiger partial charge is 0.164 e. The molecule has 0 spiro atoms. The fourth-order valence-electron chi connectivity index (χ4n) is 2.60. The average Bonchev–Trinajstić information content (AvgIpc) is 2.94. The Labute approximate surface area is 116 Å². The molecule has 2 aromatic rings. The van der Waals surface area contributed by atoms with Crippen LogP contribution in [0.5, 0.6) is 0 Å². The molecule has 1 aliphatic heterocycles. The Morgan fingerprint density at radius 2 is 1.90 bits per heavy atom. The van der Waals surface area contributed by atoms with Crippen molar-refractivity contribution in [2.24, 2.45) is 0 Å². The number of ether oxygens (including phenoxy) is 1. The molecule has 3 rings (SSSR count). The van der Waals surface area contributed by atoms with Gasteiger partial charge in [-0.05, 0) is 37.1 Å². The van der Waals surface area contributed by atoms with Gasteiger partial charge in [0.15, 0.2) is 6.23 Å². The minimum Gasteiger partial charge on any atom is -0.394 e. The van der Waals surface area contributed by atoms with Crippen molar-refractivity contribution < 1.29 is 20.1 Å². The number of rotatable bonds is 2. The van der Waals surface area contributed by atoms with Crippen LogP contribution in [-0.4, -0.2) is 49.8 Å². The van der Waals surface area contributed by atoms with Gasteiger partial charge >= 0.3 is 0 Å². The molecule has 6 heteroatoms. The van der Waals surface area contributed by atoms with E-state index in [0.717, 1.165) is 22.2 Å². The third-order valence-corrected chi connectivity index (χ3v) is 3.98. The second-order valence-corrected chi connectivity index (χ2v) is 5.31. The van der Waals surface area contributed by atoms with Crippen LogP contribution in [0.1, 0.15) is 17.4 Å². The monoisotopic (exact) mass is 278 g/mol. The summed E-state index contributed by atoms with van der Waals surface area (Å²) in [5, 5.41) is 29.1. The van der Waals surface area contributed by atoms with Gasteiger partial charge in [0.1, 0.15) is 18.3 Å². The van der Waals surface area contributed by atoms with E-state index in [1.807, 2.05) is 26.0 Å². The highest BCUT2D eigenvalue weighted by Crippen LogP contribution is 2.32. The zero-order chi connectivity index (χ0) is 14.4. The summed E-state index contributed by atoms with van der Waals surface area (Å²) in [6.45, 7) is 3.68. The van der Waals surface area contributed by atoms with Crippen LogP contribution in [0.15, 0.2) is 18.5 Å². The van der Waals surface area contributed by atoms with E-state index >= 15 is 0 Å². The third kappa shape index (κ3) is 1.92. The Hall–Kier alpha value is -1.47. The van der Waals surface area contributed by atoms with E-state index in [0.29, 0.717) is 0 Å². The van der Waals surface area contributed by atoms with Crippen molar-refractivity contribution in [3.8, 4) is 0 Å². The second-order valence-electron chi connectivity index (χ2n) is 5.31. The highest BCUT2D eigenvalue weighted by molar-refractivity contribution is 5.77. The van der Waals surface area contributed by atoms with Gasteiger partial charge < -0.3 is 24.6 Å². The number of aryl methyl sites for hydroxylation is 2. The maximum Gasteiger partial charge on any atom is 0.164 e. The molecule has 2 heterocycles. The summed E-state index contributed by atoms with van der Waals surface area (Å²) in [6, 6.07) is 3.95. The van der Waals surface area contributed by atoms with E-state index in [4.69, 9.17) is 9.84 Å². The first-order valence-corrected chi connectivity index (χ1v) is 6.59. The van der Waals surface area contributed by atoms with E-state index < -0.39 is 24.5 Å². The molecule has 1 saturated heterocycles. The largest absolute Gasteiger partial charge is 0.394 e. The number of aliphatic hydroxyl groups excluding tert-OH is 3. The van der Waals surface area contributed by atoms with Crippen molar-refractivity contribution in [1.29, 1.82) is 0 Å². The minimum atomic E-state index is -1.10. The third-order valence-electron chi connectivity index (χ3n) is 3.98. The van der Waals surface area contributed by atoms with Crippen molar-refractivity contribution >= 4 is 11.0 Å². The Kier molecular flexibility index (Phi) is 3.25. The summed E-state index contributed by atoms with van der Waals surface area (Å²) in [7, 11) is 0. The second kappa shape index (κ2) is 4.82. The maximum atomic E-state index is 10.1. The molecule has 4 atom stereocenters. The fourth-order valence-corrected chi connectivity index (χ4v) is 2.60. The van der Waals surface area contributed by atoms with Gasteiger partial charge in [0, 0.05) is 0 Å². The molecule has 0 saturated carbocycles. The number of fused-ring (bicyclic) bond motifs is 1. The molecule has 1 fully saturated rings. The van der Waals surface area contributed by atoms with Crippen molar-refractivity contribution in [3.63, 3.8) is 0 Å². The van der Waals surface area contributed by atoms with Crippen LogP contribution < -0.4 is 0 Å². The molecule has 108 valence electrons. The molecule has 0 unspecified atom stereocenters. The molecular formula is C14H18N2O4. The van der Waals surface area contributed by atoms with Crippen LogP contribution >= 0.6 is 0 Å². The van der Waals surface area contributed by atoms with Crippen LogP contribution in [-0.2, 0) is 4.74 Å². The van der Waals surface area contributed by atoms with Crippen LogP contribution in [0.3, 0.4) is 0 Å². The molecule has 1 aromatic carbocycles. The van der Waals surface area contributed by atoms with Gasteiger partial charge in [0.25, 0.3) is 0 Å². The molecule has 0 amide bonds.